The third-order valence-electron chi connectivity index (χ3n) is 4.17. The van der Waals surface area contributed by atoms with Crippen molar-refractivity contribution in [1.29, 1.82) is 0 Å². The van der Waals surface area contributed by atoms with Crippen molar-refractivity contribution in [1.82, 2.24) is 30.7 Å². The number of nitrogens with two attached hydrogens (primary N) is 1. The predicted molar refractivity (Wildman–Crippen MR) is 104 cm³/mol. The average molecular weight is 388 g/mol. The largest absolute Gasteiger partial charge is 0.378 e. The lowest BCUT2D eigenvalue weighted by Crippen LogP contribution is -2.22. The van der Waals surface area contributed by atoms with Crippen LogP contribution in [0.4, 0.5) is 5.82 Å². The van der Waals surface area contributed by atoms with Gasteiger partial charge in [-0.1, -0.05) is 65.9 Å². The molecular weight excluding hydrogens is 372 g/mol. The quantitative estimate of drug-likeness (QED) is 0.392. The lowest BCUT2D eigenvalue weighted by Gasteiger charge is -2.07. The van der Waals surface area contributed by atoms with Crippen LogP contribution in [0.25, 0.3) is 5.82 Å². The normalized spacial score (nSPS) is 10.5. The zero-order valence-corrected chi connectivity index (χ0v) is 15.4. The van der Waals surface area contributed by atoms with Crippen LogP contribution in [0.3, 0.4) is 0 Å². The van der Waals surface area contributed by atoms with E-state index in [2.05, 4.69) is 35.8 Å². The van der Waals surface area contributed by atoms with Gasteiger partial charge in [-0.05, 0) is 17.2 Å². The van der Waals surface area contributed by atoms with Gasteiger partial charge in [0.1, 0.15) is 0 Å². The molecule has 29 heavy (non-hydrogen) atoms. The number of hydrogen-bond donors (Lipinski definition) is 2. The van der Waals surface area contributed by atoms with E-state index in [-0.39, 0.29) is 17.3 Å². The minimum absolute atomic E-state index is 0.0402. The summed E-state index contributed by atoms with van der Waals surface area (Å²) in [6.07, 6.45) is 0. The number of carbonyl (C=O) groups is 1. The third-order valence-corrected chi connectivity index (χ3v) is 4.17. The second-order valence-corrected chi connectivity index (χ2v) is 6.04. The molecule has 0 unspecified atom stereocenters. The molecule has 2 aromatic heterocycles. The van der Waals surface area contributed by atoms with Crippen molar-refractivity contribution in [3.63, 3.8) is 0 Å². The van der Waals surface area contributed by atoms with E-state index in [0.29, 0.717) is 11.4 Å². The minimum atomic E-state index is -0.520. The number of nitrogen functional groups attached to an aromatic ring is 1. The minimum Gasteiger partial charge on any atom is -0.378 e. The molecule has 2 aromatic carbocycles. The number of benzene rings is 2. The molecule has 0 saturated carbocycles. The molecule has 10 nitrogen and oxygen atoms in total. The molecule has 144 valence electrons. The molecule has 4 aromatic rings. The Kier molecular flexibility index (Phi) is 4.81. The van der Waals surface area contributed by atoms with E-state index in [1.165, 1.54) is 4.68 Å². The Labute approximate surface area is 165 Å². The zero-order valence-electron chi connectivity index (χ0n) is 15.4. The van der Waals surface area contributed by atoms with Gasteiger partial charge in [0.25, 0.3) is 5.91 Å². The Hall–Kier alpha value is -4.34. The number of carbonyl (C=O) groups excluding carboxylic acids is 1. The SMILES string of the molecule is Cc1c(C(=O)NN=C(c2ccccc2)c2ccccc2)nnn1-c1nonc1N. The molecule has 0 spiro atoms. The highest BCUT2D eigenvalue weighted by Gasteiger charge is 2.21. The van der Waals surface area contributed by atoms with Gasteiger partial charge in [0.15, 0.2) is 5.69 Å². The monoisotopic (exact) mass is 388 g/mol. The van der Waals surface area contributed by atoms with Gasteiger partial charge >= 0.3 is 0 Å². The highest BCUT2D eigenvalue weighted by Crippen LogP contribution is 2.15. The standard InChI is InChI=1S/C19H16N8O2/c1-12-15(22-26-27(12)18-17(20)24-29-25-18)19(28)23-21-16(13-8-4-2-5-9-13)14-10-6-3-7-11-14/h2-11H,1H3,(H2,20,24)(H,23,28). The topological polar surface area (TPSA) is 137 Å². The van der Waals surface area contributed by atoms with Gasteiger partial charge in [-0.25, -0.2) is 10.1 Å². The maximum Gasteiger partial charge on any atom is 0.293 e. The van der Waals surface area contributed by atoms with Gasteiger partial charge in [-0.2, -0.15) is 9.78 Å². The van der Waals surface area contributed by atoms with E-state index >= 15 is 0 Å². The molecule has 4 rings (SSSR count). The van der Waals surface area contributed by atoms with E-state index in [0.717, 1.165) is 11.1 Å². The summed E-state index contributed by atoms with van der Waals surface area (Å²) < 4.78 is 5.84. The summed E-state index contributed by atoms with van der Waals surface area (Å²) in [6.45, 7) is 1.65. The van der Waals surface area contributed by atoms with E-state index in [9.17, 15) is 4.79 Å². The zero-order chi connectivity index (χ0) is 20.2. The van der Waals surface area contributed by atoms with E-state index < -0.39 is 5.91 Å². The van der Waals surface area contributed by atoms with Gasteiger partial charge in [0, 0.05) is 11.1 Å². The highest BCUT2D eigenvalue weighted by atomic mass is 16.6. The van der Waals surface area contributed by atoms with Crippen LogP contribution in [-0.4, -0.2) is 36.9 Å². The first-order valence-corrected chi connectivity index (χ1v) is 8.64. The molecule has 10 heteroatoms. The summed E-state index contributed by atoms with van der Waals surface area (Å²) in [5.41, 5.74) is 11.1. The summed E-state index contributed by atoms with van der Waals surface area (Å²) in [5.74, 6) is -0.321. The molecule has 0 fully saturated rings. The molecule has 0 saturated heterocycles. The summed E-state index contributed by atoms with van der Waals surface area (Å²) in [6, 6.07) is 19.1. The number of anilines is 1. The van der Waals surface area contributed by atoms with Crippen LogP contribution in [0, 0.1) is 6.92 Å². The second-order valence-electron chi connectivity index (χ2n) is 6.04. The van der Waals surface area contributed by atoms with Crippen LogP contribution in [-0.2, 0) is 0 Å². The Balaban J connectivity index is 1.64. The van der Waals surface area contributed by atoms with Crippen molar-refractivity contribution >= 4 is 17.4 Å². The first kappa shape index (κ1) is 18.0. The molecule has 0 aliphatic carbocycles. The number of aromatic nitrogens is 5. The molecule has 0 aliphatic heterocycles. The third kappa shape index (κ3) is 3.58. The second kappa shape index (κ2) is 7.72. The predicted octanol–water partition coefficient (Wildman–Crippen LogP) is 1.72. The fraction of sp³-hybridized carbons (Fsp3) is 0.0526. The van der Waals surface area contributed by atoms with Crippen molar-refractivity contribution in [2.75, 3.05) is 5.73 Å². The summed E-state index contributed by atoms with van der Waals surface area (Å²) >= 11 is 0. The van der Waals surface area contributed by atoms with E-state index in [1.54, 1.807) is 6.92 Å². The molecule has 0 atom stereocenters. The van der Waals surface area contributed by atoms with Gasteiger partial charge in [0.2, 0.25) is 11.6 Å². The molecule has 2 heterocycles. The summed E-state index contributed by atoms with van der Waals surface area (Å²) in [4.78, 5) is 12.7. The number of hydrogen-bond acceptors (Lipinski definition) is 8. The summed E-state index contributed by atoms with van der Waals surface area (Å²) in [5, 5.41) is 19.3. The first-order valence-electron chi connectivity index (χ1n) is 8.64. The van der Waals surface area contributed by atoms with Gasteiger partial charge in [0.05, 0.1) is 11.4 Å². The summed E-state index contributed by atoms with van der Waals surface area (Å²) in [7, 11) is 0. The number of nitrogens with one attached hydrogen (secondary N) is 1. The van der Waals surface area contributed by atoms with Crippen molar-refractivity contribution in [2.24, 2.45) is 5.10 Å². The number of amides is 1. The van der Waals surface area contributed by atoms with Crippen LogP contribution in [0.1, 0.15) is 27.3 Å². The molecule has 1 amide bonds. The van der Waals surface area contributed by atoms with Gasteiger partial charge in [-0.15, -0.1) is 5.10 Å². The molecule has 0 radical (unpaired) electrons. The van der Waals surface area contributed by atoms with Gasteiger partial charge < -0.3 is 5.73 Å². The van der Waals surface area contributed by atoms with Crippen LogP contribution < -0.4 is 11.2 Å². The van der Waals surface area contributed by atoms with Crippen LogP contribution >= 0.6 is 0 Å². The highest BCUT2D eigenvalue weighted by molar-refractivity contribution is 6.13. The number of hydrazone groups is 1. The first-order chi connectivity index (χ1) is 14.1. The average Bonchev–Trinajstić information content (AvgIpc) is 3.34. The maximum absolute atomic E-state index is 12.7. The van der Waals surface area contributed by atoms with Crippen LogP contribution in [0.15, 0.2) is 70.4 Å². The van der Waals surface area contributed by atoms with Crippen molar-refractivity contribution in [2.45, 2.75) is 6.92 Å². The van der Waals surface area contributed by atoms with E-state index in [1.807, 2.05) is 60.7 Å². The Morgan fingerprint density at radius 2 is 1.66 bits per heavy atom. The van der Waals surface area contributed by atoms with Gasteiger partial charge in [-0.3, -0.25) is 4.79 Å². The lowest BCUT2D eigenvalue weighted by atomic mass is 10.0. The Morgan fingerprint density at radius 1 is 1.03 bits per heavy atom. The van der Waals surface area contributed by atoms with Crippen molar-refractivity contribution in [3.05, 3.63) is 83.2 Å². The molecular formula is C19H16N8O2. The molecule has 3 N–H and O–H groups in total. The molecule has 0 bridgehead atoms. The van der Waals surface area contributed by atoms with Crippen LogP contribution in [0.2, 0.25) is 0 Å². The maximum atomic E-state index is 12.7. The fourth-order valence-electron chi connectivity index (χ4n) is 2.73. The number of nitrogens with zero attached hydrogens (tertiary/aromatic N) is 6. The number of rotatable bonds is 5. The van der Waals surface area contributed by atoms with Crippen LogP contribution in [0.5, 0.6) is 0 Å². The lowest BCUT2D eigenvalue weighted by molar-refractivity contribution is 0.0949. The fourth-order valence-corrected chi connectivity index (χ4v) is 2.73. The Bertz CT molecular complexity index is 1120. The Morgan fingerprint density at radius 3 is 2.21 bits per heavy atom. The smallest absolute Gasteiger partial charge is 0.293 e. The molecule has 0 aliphatic rings. The van der Waals surface area contributed by atoms with Crippen molar-refractivity contribution in [3.8, 4) is 5.82 Å². The van der Waals surface area contributed by atoms with E-state index in [4.69, 9.17) is 5.73 Å². The van der Waals surface area contributed by atoms with Crippen molar-refractivity contribution < 1.29 is 9.42 Å².